The normalized spacial score (nSPS) is 10.1. The zero-order valence-corrected chi connectivity index (χ0v) is 9.42. The van der Waals surface area contributed by atoms with Crippen LogP contribution in [0.15, 0.2) is 30.6 Å². The molecular formula is C12H9FN2O3. The zero-order valence-electron chi connectivity index (χ0n) is 9.42. The van der Waals surface area contributed by atoms with Crippen LogP contribution in [-0.2, 0) is 0 Å². The molecule has 0 amide bonds. The molecule has 1 N–H and O–H groups in total. The number of benzene rings is 1. The lowest BCUT2D eigenvalue weighted by Crippen LogP contribution is -2.02. The van der Waals surface area contributed by atoms with Gasteiger partial charge in [-0.3, -0.25) is 4.98 Å². The quantitative estimate of drug-likeness (QED) is 0.902. The van der Waals surface area contributed by atoms with Gasteiger partial charge in [-0.25, -0.2) is 14.2 Å². The van der Waals surface area contributed by atoms with Gasteiger partial charge in [0.15, 0.2) is 5.69 Å². The number of aromatic carboxylic acids is 1. The molecule has 0 bridgehead atoms. The largest absolute Gasteiger partial charge is 0.476 e. The van der Waals surface area contributed by atoms with Crippen molar-refractivity contribution >= 4 is 5.97 Å². The van der Waals surface area contributed by atoms with Crippen LogP contribution in [0.3, 0.4) is 0 Å². The van der Waals surface area contributed by atoms with Crippen molar-refractivity contribution in [2.45, 2.75) is 6.92 Å². The van der Waals surface area contributed by atoms with Crippen molar-refractivity contribution in [3.63, 3.8) is 0 Å². The van der Waals surface area contributed by atoms with Crippen LogP contribution in [0.25, 0.3) is 0 Å². The molecule has 1 aromatic heterocycles. The average molecular weight is 248 g/mol. The van der Waals surface area contributed by atoms with E-state index in [0.29, 0.717) is 11.3 Å². The van der Waals surface area contributed by atoms with Crippen LogP contribution in [0.4, 0.5) is 4.39 Å². The van der Waals surface area contributed by atoms with Crippen LogP contribution in [0, 0.1) is 12.7 Å². The van der Waals surface area contributed by atoms with Crippen molar-refractivity contribution in [1.82, 2.24) is 9.97 Å². The maximum atomic E-state index is 12.9. The average Bonchev–Trinajstić information content (AvgIpc) is 2.33. The van der Waals surface area contributed by atoms with E-state index in [2.05, 4.69) is 9.97 Å². The number of carboxylic acids is 1. The summed E-state index contributed by atoms with van der Waals surface area (Å²) in [6, 6.07) is 4.00. The highest BCUT2D eigenvalue weighted by molar-refractivity contribution is 5.84. The summed E-state index contributed by atoms with van der Waals surface area (Å²) in [6.07, 6.45) is 2.40. The lowest BCUT2D eigenvalue weighted by Gasteiger charge is -2.07. The first-order valence-electron chi connectivity index (χ1n) is 5.05. The van der Waals surface area contributed by atoms with Crippen LogP contribution in [0.2, 0.25) is 0 Å². The van der Waals surface area contributed by atoms with Crippen LogP contribution in [0.5, 0.6) is 11.6 Å². The van der Waals surface area contributed by atoms with E-state index in [9.17, 15) is 9.18 Å². The van der Waals surface area contributed by atoms with E-state index < -0.39 is 5.97 Å². The molecule has 6 heteroatoms. The number of hydrogen-bond donors (Lipinski definition) is 1. The first kappa shape index (κ1) is 12.0. The molecule has 2 aromatic rings. The summed E-state index contributed by atoms with van der Waals surface area (Å²) in [5.41, 5.74) is 0.366. The van der Waals surface area contributed by atoms with Gasteiger partial charge in [0.25, 0.3) is 0 Å². The molecule has 0 saturated heterocycles. The smallest absolute Gasteiger partial charge is 0.356 e. The predicted octanol–water partition coefficient (Wildman–Crippen LogP) is 2.41. The number of rotatable bonds is 3. The number of halogens is 1. The highest BCUT2D eigenvalue weighted by atomic mass is 19.1. The molecule has 5 nitrogen and oxygen atoms in total. The Balaban J connectivity index is 2.28. The Morgan fingerprint density at radius 3 is 2.83 bits per heavy atom. The Morgan fingerprint density at radius 1 is 1.39 bits per heavy atom. The van der Waals surface area contributed by atoms with E-state index in [-0.39, 0.29) is 17.4 Å². The lowest BCUT2D eigenvalue weighted by atomic mass is 10.2. The van der Waals surface area contributed by atoms with E-state index in [1.807, 2.05) is 0 Å². The van der Waals surface area contributed by atoms with Crippen molar-refractivity contribution in [2.24, 2.45) is 0 Å². The molecule has 0 atom stereocenters. The fourth-order valence-electron chi connectivity index (χ4n) is 1.34. The molecular weight excluding hydrogens is 239 g/mol. The van der Waals surface area contributed by atoms with Gasteiger partial charge in [0, 0.05) is 0 Å². The maximum Gasteiger partial charge on any atom is 0.356 e. The number of carboxylic acid groups (broad SMARTS) is 1. The van der Waals surface area contributed by atoms with Gasteiger partial charge < -0.3 is 9.84 Å². The van der Waals surface area contributed by atoms with Gasteiger partial charge in [0.05, 0.1) is 12.4 Å². The summed E-state index contributed by atoms with van der Waals surface area (Å²) < 4.78 is 18.2. The number of aryl methyl sites for hydroxylation is 1. The monoisotopic (exact) mass is 248 g/mol. The van der Waals surface area contributed by atoms with Crippen LogP contribution in [-0.4, -0.2) is 21.0 Å². The van der Waals surface area contributed by atoms with E-state index in [1.165, 1.54) is 24.4 Å². The fourth-order valence-corrected chi connectivity index (χ4v) is 1.34. The van der Waals surface area contributed by atoms with E-state index in [4.69, 9.17) is 9.84 Å². The molecule has 0 saturated carbocycles. The Hall–Kier alpha value is -2.50. The third-order valence-corrected chi connectivity index (χ3v) is 2.18. The number of ether oxygens (including phenoxy) is 1. The van der Waals surface area contributed by atoms with Gasteiger partial charge in [-0.1, -0.05) is 0 Å². The minimum atomic E-state index is -1.19. The topological polar surface area (TPSA) is 72.3 Å². The summed E-state index contributed by atoms with van der Waals surface area (Å²) in [6.45, 7) is 1.67. The molecule has 0 aliphatic rings. The Labute approximate surface area is 102 Å². The Kier molecular flexibility index (Phi) is 3.18. The maximum absolute atomic E-state index is 12.9. The van der Waals surface area contributed by atoms with Crippen molar-refractivity contribution in [3.05, 3.63) is 47.7 Å². The summed E-state index contributed by atoms with van der Waals surface area (Å²) in [5.74, 6) is -1.12. The Morgan fingerprint density at radius 2 is 2.17 bits per heavy atom. The second-order valence-corrected chi connectivity index (χ2v) is 3.56. The lowest BCUT2D eigenvalue weighted by molar-refractivity contribution is 0.0689. The molecule has 2 rings (SSSR count). The minimum absolute atomic E-state index is 0.0459. The molecule has 0 aliphatic carbocycles. The number of nitrogens with zero attached hydrogens (tertiary/aromatic N) is 2. The third-order valence-electron chi connectivity index (χ3n) is 2.18. The fraction of sp³-hybridized carbons (Fsp3) is 0.0833. The molecule has 92 valence electrons. The molecule has 0 unspecified atom stereocenters. The van der Waals surface area contributed by atoms with Gasteiger partial charge in [-0.15, -0.1) is 0 Å². The summed E-state index contributed by atoms with van der Waals surface area (Å²) in [5, 5.41) is 8.76. The minimum Gasteiger partial charge on any atom is -0.476 e. The van der Waals surface area contributed by atoms with Gasteiger partial charge >= 0.3 is 5.97 Å². The Bertz CT molecular complexity index is 602. The standard InChI is InChI=1S/C12H9FN2O3/c1-7-4-8(13)2-3-10(7)18-11-6-14-5-9(15-11)12(16)17/h2-6H,1H3,(H,16,17). The number of carbonyl (C=O) groups is 1. The molecule has 1 heterocycles. The first-order chi connectivity index (χ1) is 8.56. The highest BCUT2D eigenvalue weighted by Gasteiger charge is 2.09. The predicted molar refractivity (Wildman–Crippen MR) is 60.2 cm³/mol. The molecule has 0 fully saturated rings. The van der Waals surface area contributed by atoms with Crippen molar-refractivity contribution < 1.29 is 19.0 Å². The molecule has 0 spiro atoms. The molecule has 0 radical (unpaired) electrons. The van der Waals surface area contributed by atoms with Crippen molar-refractivity contribution in [1.29, 1.82) is 0 Å². The SMILES string of the molecule is Cc1cc(F)ccc1Oc1cncc(C(=O)O)n1. The van der Waals surface area contributed by atoms with E-state index in [1.54, 1.807) is 6.92 Å². The molecule has 18 heavy (non-hydrogen) atoms. The summed E-state index contributed by atoms with van der Waals surface area (Å²) >= 11 is 0. The van der Waals surface area contributed by atoms with Gasteiger partial charge in [-0.2, -0.15) is 0 Å². The van der Waals surface area contributed by atoms with Crippen LogP contribution in [0.1, 0.15) is 16.1 Å². The summed E-state index contributed by atoms with van der Waals surface area (Å²) in [4.78, 5) is 18.2. The van der Waals surface area contributed by atoms with E-state index >= 15 is 0 Å². The van der Waals surface area contributed by atoms with E-state index in [0.717, 1.165) is 6.20 Å². The van der Waals surface area contributed by atoms with Gasteiger partial charge in [0.1, 0.15) is 11.6 Å². The number of hydrogen-bond acceptors (Lipinski definition) is 4. The molecule has 0 aliphatic heterocycles. The zero-order chi connectivity index (χ0) is 13.1. The first-order valence-corrected chi connectivity index (χ1v) is 5.05. The molecule has 1 aromatic carbocycles. The number of aromatic nitrogens is 2. The van der Waals surface area contributed by atoms with Gasteiger partial charge in [-0.05, 0) is 30.7 Å². The second-order valence-electron chi connectivity index (χ2n) is 3.56. The van der Waals surface area contributed by atoms with Crippen LogP contribution < -0.4 is 4.74 Å². The third kappa shape index (κ3) is 2.60. The van der Waals surface area contributed by atoms with Crippen molar-refractivity contribution in [2.75, 3.05) is 0 Å². The summed E-state index contributed by atoms with van der Waals surface area (Å²) in [7, 11) is 0. The van der Waals surface area contributed by atoms with Crippen molar-refractivity contribution in [3.8, 4) is 11.6 Å². The highest BCUT2D eigenvalue weighted by Crippen LogP contribution is 2.23. The second kappa shape index (κ2) is 4.79. The van der Waals surface area contributed by atoms with Gasteiger partial charge in [0.2, 0.25) is 5.88 Å². The van der Waals surface area contributed by atoms with Crippen LogP contribution >= 0.6 is 0 Å².